The van der Waals surface area contributed by atoms with Crippen LogP contribution in [0.4, 0.5) is 5.69 Å². The number of hydrogen-bond donors (Lipinski definition) is 0. The molecule has 1 rings (SSSR count). The zero-order valence-electron chi connectivity index (χ0n) is 11.9. The van der Waals surface area contributed by atoms with Crippen LogP contribution in [0.1, 0.15) is 37.0 Å². The van der Waals surface area contributed by atoms with Gasteiger partial charge in [-0.2, -0.15) is 0 Å². The molecule has 0 fully saturated rings. The zero-order valence-corrected chi connectivity index (χ0v) is 11.9. The molecule has 0 N–H and O–H groups in total. The second-order valence-corrected chi connectivity index (χ2v) is 4.24. The standard InChI is InChI=1S/C14H17NO6/c1-3-5-13(14(17)20-4-2)21-12-7-6-11(15(18)19)8-10(12)9-16/h6-9,13H,3-5H2,1-2H3. The number of benzene rings is 1. The van der Waals surface area contributed by atoms with E-state index in [4.69, 9.17) is 9.47 Å². The highest BCUT2D eigenvalue weighted by Gasteiger charge is 2.22. The van der Waals surface area contributed by atoms with Crippen LogP contribution in [0.15, 0.2) is 18.2 Å². The summed E-state index contributed by atoms with van der Waals surface area (Å²) in [6.45, 7) is 3.79. The SMILES string of the molecule is CCCC(Oc1ccc([N+](=O)[O-])cc1C=O)C(=O)OCC. The average Bonchev–Trinajstić information content (AvgIpc) is 2.47. The lowest BCUT2D eigenvalue weighted by Gasteiger charge is -2.17. The minimum atomic E-state index is -0.838. The fourth-order valence-corrected chi connectivity index (χ4v) is 1.72. The van der Waals surface area contributed by atoms with Crippen molar-refractivity contribution in [3.63, 3.8) is 0 Å². The fourth-order valence-electron chi connectivity index (χ4n) is 1.72. The Balaban J connectivity index is 3.00. The average molecular weight is 295 g/mol. The molecular formula is C14H17NO6. The first kappa shape index (κ1) is 16.6. The number of nitro groups is 1. The number of esters is 1. The Kier molecular flexibility index (Phi) is 6.32. The van der Waals surface area contributed by atoms with E-state index < -0.39 is 17.0 Å². The molecule has 1 aromatic rings. The highest BCUT2D eigenvalue weighted by Crippen LogP contribution is 2.24. The highest BCUT2D eigenvalue weighted by atomic mass is 16.6. The molecule has 0 spiro atoms. The summed E-state index contributed by atoms with van der Waals surface area (Å²) in [7, 11) is 0. The predicted molar refractivity (Wildman–Crippen MR) is 74.4 cm³/mol. The van der Waals surface area contributed by atoms with Gasteiger partial charge in [0.15, 0.2) is 12.4 Å². The smallest absolute Gasteiger partial charge is 0.347 e. The quantitative estimate of drug-likeness (QED) is 0.316. The third-order valence-electron chi connectivity index (χ3n) is 2.70. The van der Waals surface area contributed by atoms with Crippen molar-refractivity contribution in [1.29, 1.82) is 0 Å². The Labute approximate surface area is 122 Å². The summed E-state index contributed by atoms with van der Waals surface area (Å²) in [6.07, 6.45) is 0.729. The van der Waals surface area contributed by atoms with Crippen LogP contribution in [0.2, 0.25) is 0 Å². The molecule has 0 saturated carbocycles. The number of carbonyl (C=O) groups excluding carboxylic acids is 2. The summed E-state index contributed by atoms with van der Waals surface area (Å²) < 4.78 is 10.4. The van der Waals surface area contributed by atoms with E-state index in [-0.39, 0.29) is 23.6 Å². The van der Waals surface area contributed by atoms with Gasteiger partial charge in [-0.15, -0.1) is 0 Å². The maximum atomic E-state index is 11.8. The zero-order chi connectivity index (χ0) is 15.8. The fraction of sp³-hybridized carbons (Fsp3) is 0.429. The molecule has 1 atom stereocenters. The van der Waals surface area contributed by atoms with Gasteiger partial charge < -0.3 is 9.47 Å². The van der Waals surface area contributed by atoms with Crippen LogP contribution in [0.25, 0.3) is 0 Å². The molecule has 0 saturated heterocycles. The van der Waals surface area contributed by atoms with Crippen LogP contribution >= 0.6 is 0 Å². The van der Waals surface area contributed by atoms with E-state index in [0.717, 1.165) is 6.07 Å². The van der Waals surface area contributed by atoms with Crippen molar-refractivity contribution in [3.8, 4) is 5.75 Å². The van der Waals surface area contributed by atoms with Crippen LogP contribution < -0.4 is 4.74 Å². The van der Waals surface area contributed by atoms with Crippen LogP contribution in [-0.4, -0.2) is 29.9 Å². The molecule has 114 valence electrons. The van der Waals surface area contributed by atoms with Crippen molar-refractivity contribution in [2.75, 3.05) is 6.61 Å². The van der Waals surface area contributed by atoms with Gasteiger partial charge in [0.1, 0.15) is 5.75 Å². The first-order valence-electron chi connectivity index (χ1n) is 6.60. The van der Waals surface area contributed by atoms with Gasteiger partial charge >= 0.3 is 5.97 Å². The van der Waals surface area contributed by atoms with Gasteiger partial charge in [-0.3, -0.25) is 14.9 Å². The van der Waals surface area contributed by atoms with Crippen molar-refractivity contribution in [1.82, 2.24) is 0 Å². The van der Waals surface area contributed by atoms with E-state index in [1.807, 2.05) is 6.92 Å². The molecule has 21 heavy (non-hydrogen) atoms. The molecule has 1 unspecified atom stereocenters. The van der Waals surface area contributed by atoms with Gasteiger partial charge in [0.05, 0.1) is 17.1 Å². The minimum Gasteiger partial charge on any atom is -0.478 e. The second kappa shape index (κ2) is 7.98. The number of rotatable bonds is 8. The molecular weight excluding hydrogens is 278 g/mol. The van der Waals surface area contributed by atoms with Gasteiger partial charge in [-0.1, -0.05) is 13.3 Å². The molecule has 0 aliphatic heterocycles. The van der Waals surface area contributed by atoms with Crippen molar-refractivity contribution >= 4 is 17.9 Å². The van der Waals surface area contributed by atoms with E-state index in [2.05, 4.69) is 0 Å². The second-order valence-electron chi connectivity index (χ2n) is 4.24. The number of hydrogen-bond acceptors (Lipinski definition) is 6. The van der Waals surface area contributed by atoms with Crippen LogP contribution in [0.5, 0.6) is 5.75 Å². The van der Waals surface area contributed by atoms with E-state index in [1.165, 1.54) is 12.1 Å². The lowest BCUT2D eigenvalue weighted by Crippen LogP contribution is -2.29. The molecule has 0 amide bonds. The monoisotopic (exact) mass is 295 g/mol. The summed E-state index contributed by atoms with van der Waals surface area (Å²) in [5, 5.41) is 10.7. The lowest BCUT2D eigenvalue weighted by molar-refractivity contribution is -0.384. The Morgan fingerprint density at radius 2 is 2.14 bits per heavy atom. The maximum absolute atomic E-state index is 11.8. The Bertz CT molecular complexity index is 528. The maximum Gasteiger partial charge on any atom is 0.347 e. The highest BCUT2D eigenvalue weighted by molar-refractivity contribution is 5.81. The molecule has 0 aromatic heterocycles. The molecule has 1 aromatic carbocycles. The van der Waals surface area contributed by atoms with Crippen molar-refractivity contribution in [2.45, 2.75) is 32.8 Å². The summed E-state index contributed by atoms with van der Waals surface area (Å²) in [6, 6.07) is 3.64. The van der Waals surface area contributed by atoms with Gasteiger partial charge in [-0.05, 0) is 19.4 Å². The van der Waals surface area contributed by atoms with Gasteiger partial charge in [0.25, 0.3) is 5.69 Å². The molecule has 7 heteroatoms. The number of non-ortho nitro benzene ring substituents is 1. The molecule has 0 aliphatic rings. The van der Waals surface area contributed by atoms with E-state index >= 15 is 0 Å². The predicted octanol–water partition coefficient (Wildman–Crippen LogP) is 2.52. The summed E-state index contributed by atoms with van der Waals surface area (Å²) in [5.74, 6) is -0.392. The summed E-state index contributed by atoms with van der Waals surface area (Å²) in [5.41, 5.74) is -0.192. The first-order chi connectivity index (χ1) is 10.0. The van der Waals surface area contributed by atoms with Crippen molar-refractivity contribution in [2.24, 2.45) is 0 Å². The Morgan fingerprint density at radius 1 is 1.43 bits per heavy atom. The number of nitrogens with zero attached hydrogens (tertiary/aromatic N) is 1. The van der Waals surface area contributed by atoms with E-state index in [1.54, 1.807) is 6.92 Å². The summed E-state index contributed by atoms with van der Waals surface area (Å²) in [4.78, 5) is 32.9. The third-order valence-corrected chi connectivity index (χ3v) is 2.70. The van der Waals surface area contributed by atoms with Gasteiger partial charge in [-0.25, -0.2) is 4.79 Å². The van der Waals surface area contributed by atoms with Crippen molar-refractivity contribution < 1.29 is 24.0 Å². The number of carbonyl (C=O) groups is 2. The van der Waals surface area contributed by atoms with Crippen LogP contribution in [-0.2, 0) is 9.53 Å². The largest absolute Gasteiger partial charge is 0.478 e. The normalized spacial score (nSPS) is 11.5. The molecule has 0 aliphatic carbocycles. The van der Waals surface area contributed by atoms with Gasteiger partial charge in [0.2, 0.25) is 0 Å². The topological polar surface area (TPSA) is 95.7 Å². The Hall–Kier alpha value is -2.44. The molecule has 0 bridgehead atoms. The van der Waals surface area contributed by atoms with E-state index in [0.29, 0.717) is 19.1 Å². The number of ether oxygens (including phenoxy) is 2. The van der Waals surface area contributed by atoms with Crippen molar-refractivity contribution in [3.05, 3.63) is 33.9 Å². The van der Waals surface area contributed by atoms with Crippen LogP contribution in [0.3, 0.4) is 0 Å². The number of nitro benzene ring substituents is 1. The summed E-state index contributed by atoms with van der Waals surface area (Å²) >= 11 is 0. The third kappa shape index (κ3) is 4.55. The minimum absolute atomic E-state index is 0.0228. The van der Waals surface area contributed by atoms with Gasteiger partial charge in [0, 0.05) is 12.1 Å². The molecule has 7 nitrogen and oxygen atoms in total. The number of aldehydes is 1. The first-order valence-corrected chi connectivity index (χ1v) is 6.60. The molecule has 0 radical (unpaired) electrons. The Morgan fingerprint density at radius 3 is 2.67 bits per heavy atom. The molecule has 0 heterocycles. The lowest BCUT2D eigenvalue weighted by atomic mass is 10.1. The van der Waals surface area contributed by atoms with E-state index in [9.17, 15) is 19.7 Å². The van der Waals surface area contributed by atoms with Crippen LogP contribution in [0, 0.1) is 10.1 Å².